The van der Waals surface area contributed by atoms with E-state index in [2.05, 4.69) is 39.9 Å². The summed E-state index contributed by atoms with van der Waals surface area (Å²) in [5.74, 6) is 0.326. The van der Waals surface area contributed by atoms with Gasteiger partial charge in [-0.3, -0.25) is 0 Å². The van der Waals surface area contributed by atoms with Crippen LogP contribution >= 0.6 is 0 Å². The fourth-order valence-corrected chi connectivity index (χ4v) is 2.29. The van der Waals surface area contributed by atoms with Crippen molar-refractivity contribution in [1.82, 2.24) is 5.32 Å². The predicted octanol–water partition coefficient (Wildman–Crippen LogP) is 2.72. The summed E-state index contributed by atoms with van der Waals surface area (Å²) < 4.78 is 5.90. The highest BCUT2D eigenvalue weighted by atomic mass is 16.5. The molecular formula is C15H31NO2. The van der Waals surface area contributed by atoms with Gasteiger partial charge >= 0.3 is 0 Å². The highest BCUT2D eigenvalue weighted by Crippen LogP contribution is 2.28. The standard InChI is InChI=1S/C15H31NO2/c1-7-11(2)15(6,17)10-16-12-8-13(9-12)18-14(3,4)5/h11-13,16-17H,7-10H2,1-6H3. The first-order valence-corrected chi connectivity index (χ1v) is 7.27. The molecule has 2 unspecified atom stereocenters. The lowest BCUT2D eigenvalue weighted by Gasteiger charge is -2.41. The van der Waals surface area contributed by atoms with Gasteiger partial charge in [-0.05, 0) is 46.5 Å². The molecule has 0 amide bonds. The van der Waals surface area contributed by atoms with Gasteiger partial charge in [0.1, 0.15) is 0 Å². The Labute approximate surface area is 112 Å². The number of hydrogen-bond donors (Lipinski definition) is 2. The Morgan fingerprint density at radius 3 is 2.28 bits per heavy atom. The van der Waals surface area contributed by atoms with Gasteiger partial charge in [0.2, 0.25) is 0 Å². The second-order valence-electron chi connectivity index (χ2n) is 7.07. The van der Waals surface area contributed by atoms with Crippen molar-refractivity contribution in [2.45, 2.75) is 84.2 Å². The lowest BCUT2D eigenvalue weighted by Crippen LogP contribution is -2.53. The van der Waals surface area contributed by atoms with Crippen LogP contribution in [0, 0.1) is 5.92 Å². The van der Waals surface area contributed by atoms with E-state index in [1.165, 1.54) is 0 Å². The largest absolute Gasteiger partial charge is 0.389 e. The van der Waals surface area contributed by atoms with E-state index in [0.717, 1.165) is 19.3 Å². The minimum atomic E-state index is -0.606. The number of hydrogen-bond acceptors (Lipinski definition) is 3. The Morgan fingerprint density at radius 2 is 1.83 bits per heavy atom. The molecule has 0 bridgehead atoms. The zero-order valence-electron chi connectivity index (χ0n) is 12.9. The Kier molecular flexibility index (Phi) is 5.22. The first-order chi connectivity index (χ1) is 8.14. The van der Waals surface area contributed by atoms with Crippen molar-refractivity contribution in [2.75, 3.05) is 6.54 Å². The van der Waals surface area contributed by atoms with Gasteiger partial charge in [0.15, 0.2) is 0 Å². The molecule has 0 radical (unpaired) electrons. The molecule has 108 valence electrons. The monoisotopic (exact) mass is 257 g/mol. The third kappa shape index (κ3) is 4.87. The predicted molar refractivity (Wildman–Crippen MR) is 75.7 cm³/mol. The Morgan fingerprint density at radius 1 is 1.28 bits per heavy atom. The van der Waals surface area contributed by atoms with Gasteiger partial charge in [0.05, 0.1) is 17.3 Å². The summed E-state index contributed by atoms with van der Waals surface area (Å²) in [6.07, 6.45) is 3.52. The molecule has 0 spiro atoms. The van der Waals surface area contributed by atoms with Crippen molar-refractivity contribution in [3.8, 4) is 0 Å². The summed E-state index contributed by atoms with van der Waals surface area (Å²) in [6.45, 7) is 13.1. The third-order valence-corrected chi connectivity index (χ3v) is 4.04. The minimum absolute atomic E-state index is 0.0438. The quantitative estimate of drug-likeness (QED) is 0.769. The molecule has 0 aromatic heterocycles. The molecule has 3 nitrogen and oxygen atoms in total. The molecule has 1 rings (SSSR count). The molecule has 18 heavy (non-hydrogen) atoms. The van der Waals surface area contributed by atoms with E-state index in [0.29, 0.717) is 24.6 Å². The molecule has 0 heterocycles. The first-order valence-electron chi connectivity index (χ1n) is 7.27. The van der Waals surface area contributed by atoms with E-state index < -0.39 is 5.60 Å². The Hall–Kier alpha value is -0.120. The third-order valence-electron chi connectivity index (χ3n) is 4.04. The van der Waals surface area contributed by atoms with Crippen LogP contribution in [0.2, 0.25) is 0 Å². The molecule has 1 aliphatic carbocycles. The lowest BCUT2D eigenvalue weighted by molar-refractivity contribution is -0.105. The van der Waals surface area contributed by atoms with Crippen LogP contribution in [0.15, 0.2) is 0 Å². The maximum absolute atomic E-state index is 10.3. The van der Waals surface area contributed by atoms with Crippen molar-refractivity contribution in [3.05, 3.63) is 0 Å². The summed E-state index contributed by atoms with van der Waals surface area (Å²) >= 11 is 0. The van der Waals surface area contributed by atoms with Gasteiger partial charge in [-0.25, -0.2) is 0 Å². The van der Waals surface area contributed by atoms with Crippen LogP contribution in [0.5, 0.6) is 0 Å². The molecule has 0 saturated heterocycles. The number of aliphatic hydroxyl groups is 1. The van der Waals surface area contributed by atoms with Crippen LogP contribution in [-0.2, 0) is 4.74 Å². The number of ether oxygens (including phenoxy) is 1. The summed E-state index contributed by atoms with van der Waals surface area (Å²) in [6, 6.07) is 0.507. The normalized spacial score (nSPS) is 29.5. The molecule has 1 saturated carbocycles. The van der Waals surface area contributed by atoms with Crippen LogP contribution in [0.3, 0.4) is 0 Å². The van der Waals surface area contributed by atoms with E-state index in [-0.39, 0.29) is 5.60 Å². The Bertz CT molecular complexity index is 252. The van der Waals surface area contributed by atoms with Crippen molar-refractivity contribution in [3.63, 3.8) is 0 Å². The lowest BCUT2D eigenvalue weighted by atomic mass is 9.85. The molecule has 2 N–H and O–H groups in total. The summed E-state index contributed by atoms with van der Waals surface area (Å²) in [7, 11) is 0. The molecule has 1 aliphatic rings. The summed E-state index contributed by atoms with van der Waals surface area (Å²) in [5.41, 5.74) is -0.650. The highest BCUT2D eigenvalue weighted by molar-refractivity contribution is 4.90. The van der Waals surface area contributed by atoms with Gasteiger partial charge in [-0.15, -0.1) is 0 Å². The second-order valence-corrected chi connectivity index (χ2v) is 7.07. The molecule has 0 aliphatic heterocycles. The van der Waals surface area contributed by atoms with Gasteiger partial charge in [-0.1, -0.05) is 20.3 Å². The second kappa shape index (κ2) is 5.89. The highest BCUT2D eigenvalue weighted by Gasteiger charge is 2.35. The molecule has 3 heteroatoms. The van der Waals surface area contributed by atoms with Crippen molar-refractivity contribution >= 4 is 0 Å². The van der Waals surface area contributed by atoms with E-state index in [4.69, 9.17) is 4.74 Å². The minimum Gasteiger partial charge on any atom is -0.389 e. The fraction of sp³-hybridized carbons (Fsp3) is 1.00. The average molecular weight is 257 g/mol. The SMILES string of the molecule is CCC(C)C(C)(O)CNC1CC(OC(C)(C)C)C1. The van der Waals surface area contributed by atoms with Crippen LogP contribution in [0.1, 0.15) is 60.8 Å². The van der Waals surface area contributed by atoms with Crippen LogP contribution < -0.4 is 5.32 Å². The molecule has 2 atom stereocenters. The van der Waals surface area contributed by atoms with Crippen molar-refractivity contribution in [1.29, 1.82) is 0 Å². The smallest absolute Gasteiger partial charge is 0.0768 e. The van der Waals surface area contributed by atoms with Crippen molar-refractivity contribution < 1.29 is 9.84 Å². The molecule has 0 aromatic carbocycles. The van der Waals surface area contributed by atoms with E-state index in [1.54, 1.807) is 0 Å². The number of nitrogens with one attached hydrogen (secondary N) is 1. The van der Waals surface area contributed by atoms with Crippen LogP contribution in [-0.4, -0.2) is 35.0 Å². The van der Waals surface area contributed by atoms with Gasteiger partial charge in [0, 0.05) is 12.6 Å². The van der Waals surface area contributed by atoms with Gasteiger partial charge < -0.3 is 15.2 Å². The molecule has 0 aromatic rings. The molecule has 1 fully saturated rings. The first kappa shape index (κ1) is 15.9. The zero-order chi connectivity index (χ0) is 14.0. The topological polar surface area (TPSA) is 41.5 Å². The average Bonchev–Trinajstić information content (AvgIpc) is 2.18. The number of rotatable bonds is 6. The fourth-order valence-electron chi connectivity index (χ4n) is 2.29. The molecular weight excluding hydrogens is 226 g/mol. The van der Waals surface area contributed by atoms with Crippen LogP contribution in [0.25, 0.3) is 0 Å². The summed E-state index contributed by atoms with van der Waals surface area (Å²) in [5, 5.41) is 13.8. The van der Waals surface area contributed by atoms with Gasteiger partial charge in [0.25, 0.3) is 0 Å². The maximum Gasteiger partial charge on any atom is 0.0768 e. The van der Waals surface area contributed by atoms with Crippen molar-refractivity contribution in [2.24, 2.45) is 5.92 Å². The van der Waals surface area contributed by atoms with Crippen LogP contribution in [0.4, 0.5) is 0 Å². The van der Waals surface area contributed by atoms with E-state index in [9.17, 15) is 5.11 Å². The van der Waals surface area contributed by atoms with Gasteiger partial charge in [-0.2, -0.15) is 0 Å². The summed E-state index contributed by atoms with van der Waals surface area (Å²) in [4.78, 5) is 0. The van der Waals surface area contributed by atoms with E-state index in [1.807, 2.05) is 6.92 Å². The maximum atomic E-state index is 10.3. The zero-order valence-corrected chi connectivity index (χ0v) is 12.9. The Balaban J connectivity index is 2.21. The van der Waals surface area contributed by atoms with E-state index >= 15 is 0 Å².